The van der Waals surface area contributed by atoms with E-state index in [4.69, 9.17) is 0 Å². The number of hydrogen-bond acceptors (Lipinski definition) is 3. The fourth-order valence-corrected chi connectivity index (χ4v) is 1.61. The van der Waals surface area contributed by atoms with Gasteiger partial charge in [-0.1, -0.05) is 12.2 Å². The van der Waals surface area contributed by atoms with Gasteiger partial charge in [0.1, 0.15) is 5.82 Å². The minimum absolute atomic E-state index is 0.525. The summed E-state index contributed by atoms with van der Waals surface area (Å²) in [5.41, 5.74) is 0.957. The van der Waals surface area contributed by atoms with Crippen molar-refractivity contribution in [2.75, 3.05) is 5.32 Å². The van der Waals surface area contributed by atoms with Crippen LogP contribution in [0.2, 0.25) is 0 Å². The fourth-order valence-electron chi connectivity index (χ4n) is 1.61. The Morgan fingerprint density at radius 2 is 2.21 bits per heavy atom. The largest absolute Gasteiger partial charge is 0.366 e. The third-order valence-corrected chi connectivity index (χ3v) is 2.42. The molecule has 1 aliphatic carbocycles. The van der Waals surface area contributed by atoms with Gasteiger partial charge in [0.15, 0.2) is 0 Å². The van der Waals surface area contributed by atoms with Crippen LogP contribution >= 0.6 is 0 Å². The van der Waals surface area contributed by atoms with E-state index in [1.165, 1.54) is 6.42 Å². The Morgan fingerprint density at radius 3 is 2.86 bits per heavy atom. The first kappa shape index (κ1) is 9.19. The van der Waals surface area contributed by atoms with Crippen molar-refractivity contribution in [3.05, 3.63) is 30.0 Å². The highest BCUT2D eigenvalue weighted by molar-refractivity contribution is 5.34. The number of allylic oxidation sites excluding steroid dienone is 1. The average molecular weight is 189 g/mol. The lowest BCUT2D eigenvalue weighted by Crippen LogP contribution is -2.21. The van der Waals surface area contributed by atoms with Gasteiger partial charge in [-0.2, -0.15) is 5.10 Å². The quantitative estimate of drug-likeness (QED) is 0.725. The van der Waals surface area contributed by atoms with E-state index in [2.05, 4.69) is 27.7 Å². The van der Waals surface area contributed by atoms with Crippen LogP contribution in [0.5, 0.6) is 0 Å². The van der Waals surface area contributed by atoms with Crippen molar-refractivity contribution >= 4 is 5.82 Å². The molecule has 1 heterocycles. The molecule has 0 bridgehead atoms. The number of rotatable bonds is 2. The summed E-state index contributed by atoms with van der Waals surface area (Å²) >= 11 is 0. The molecule has 0 radical (unpaired) electrons. The molecule has 0 spiro atoms. The maximum Gasteiger partial charge on any atom is 0.148 e. The smallest absolute Gasteiger partial charge is 0.148 e. The first-order valence-corrected chi connectivity index (χ1v) is 5.06. The molecule has 2 rings (SSSR count). The molecule has 0 saturated carbocycles. The number of aryl methyl sites for hydroxylation is 1. The standard InChI is InChI=1S/C11H15N3/c1-9-7-8-11(14-13-9)12-10-5-3-2-4-6-10/h2-3,7-8,10H,4-6H2,1H3,(H,12,14). The lowest BCUT2D eigenvalue weighted by Gasteiger charge is -2.19. The Morgan fingerprint density at radius 1 is 1.29 bits per heavy atom. The third-order valence-electron chi connectivity index (χ3n) is 2.42. The second-order valence-electron chi connectivity index (χ2n) is 3.69. The van der Waals surface area contributed by atoms with E-state index in [0.717, 1.165) is 24.4 Å². The summed E-state index contributed by atoms with van der Waals surface area (Å²) in [5.74, 6) is 0.885. The van der Waals surface area contributed by atoms with Gasteiger partial charge in [-0.3, -0.25) is 0 Å². The van der Waals surface area contributed by atoms with Crippen LogP contribution < -0.4 is 5.32 Å². The molecule has 0 saturated heterocycles. The summed E-state index contributed by atoms with van der Waals surface area (Å²) in [4.78, 5) is 0. The molecule has 1 N–H and O–H groups in total. The average Bonchev–Trinajstić information content (AvgIpc) is 2.23. The van der Waals surface area contributed by atoms with E-state index in [-0.39, 0.29) is 0 Å². The van der Waals surface area contributed by atoms with Crippen LogP contribution in [0.15, 0.2) is 24.3 Å². The summed E-state index contributed by atoms with van der Waals surface area (Å²) in [7, 11) is 0. The number of aromatic nitrogens is 2. The number of hydrogen-bond donors (Lipinski definition) is 1. The van der Waals surface area contributed by atoms with Crippen molar-refractivity contribution in [2.45, 2.75) is 32.2 Å². The van der Waals surface area contributed by atoms with E-state index in [1.54, 1.807) is 0 Å². The molecule has 3 nitrogen and oxygen atoms in total. The molecule has 14 heavy (non-hydrogen) atoms. The monoisotopic (exact) mass is 189 g/mol. The van der Waals surface area contributed by atoms with Gasteiger partial charge in [0.2, 0.25) is 0 Å². The Hall–Kier alpha value is -1.38. The zero-order valence-electron chi connectivity index (χ0n) is 8.40. The summed E-state index contributed by atoms with van der Waals surface area (Å²) in [6, 6.07) is 4.49. The van der Waals surface area contributed by atoms with Crippen LogP contribution in [0.1, 0.15) is 25.0 Å². The summed E-state index contributed by atoms with van der Waals surface area (Å²) in [5, 5.41) is 11.5. The summed E-state index contributed by atoms with van der Waals surface area (Å²) < 4.78 is 0. The first-order valence-electron chi connectivity index (χ1n) is 5.06. The molecule has 0 fully saturated rings. The molecular formula is C11H15N3. The van der Waals surface area contributed by atoms with Gasteiger partial charge in [-0.15, -0.1) is 5.10 Å². The van der Waals surface area contributed by atoms with Crippen molar-refractivity contribution in [1.82, 2.24) is 10.2 Å². The van der Waals surface area contributed by atoms with Gasteiger partial charge >= 0.3 is 0 Å². The minimum atomic E-state index is 0.525. The maximum atomic E-state index is 4.09. The van der Waals surface area contributed by atoms with E-state index in [1.807, 2.05) is 19.1 Å². The maximum absolute atomic E-state index is 4.09. The van der Waals surface area contributed by atoms with Crippen LogP contribution in [0, 0.1) is 6.92 Å². The molecule has 1 aromatic rings. The van der Waals surface area contributed by atoms with Crippen LogP contribution in [0.3, 0.4) is 0 Å². The van der Waals surface area contributed by atoms with Crippen molar-refractivity contribution in [2.24, 2.45) is 0 Å². The topological polar surface area (TPSA) is 37.8 Å². The van der Waals surface area contributed by atoms with Crippen molar-refractivity contribution in [3.63, 3.8) is 0 Å². The van der Waals surface area contributed by atoms with E-state index in [0.29, 0.717) is 6.04 Å². The molecule has 1 aliphatic rings. The highest BCUT2D eigenvalue weighted by Crippen LogP contribution is 2.15. The predicted molar refractivity (Wildman–Crippen MR) is 57.2 cm³/mol. The lowest BCUT2D eigenvalue weighted by atomic mass is 10.0. The number of nitrogens with one attached hydrogen (secondary N) is 1. The van der Waals surface area contributed by atoms with Crippen molar-refractivity contribution in [1.29, 1.82) is 0 Å². The Bertz CT molecular complexity index is 316. The highest BCUT2D eigenvalue weighted by Gasteiger charge is 2.09. The van der Waals surface area contributed by atoms with E-state index in [9.17, 15) is 0 Å². The molecule has 0 aliphatic heterocycles. The lowest BCUT2D eigenvalue weighted by molar-refractivity contribution is 0.640. The van der Waals surface area contributed by atoms with Crippen LogP contribution in [0.4, 0.5) is 5.82 Å². The van der Waals surface area contributed by atoms with E-state index < -0.39 is 0 Å². The molecule has 0 aromatic carbocycles. The van der Waals surface area contributed by atoms with Gasteiger partial charge in [-0.05, 0) is 38.3 Å². The highest BCUT2D eigenvalue weighted by atomic mass is 15.2. The molecule has 74 valence electrons. The molecular weight excluding hydrogens is 174 g/mol. The Kier molecular flexibility index (Phi) is 2.77. The molecule has 1 unspecified atom stereocenters. The second kappa shape index (κ2) is 4.22. The van der Waals surface area contributed by atoms with Gasteiger partial charge in [0, 0.05) is 6.04 Å². The molecule has 0 amide bonds. The third kappa shape index (κ3) is 2.31. The molecule has 1 aromatic heterocycles. The zero-order valence-corrected chi connectivity index (χ0v) is 8.40. The minimum Gasteiger partial charge on any atom is -0.366 e. The predicted octanol–water partition coefficient (Wildman–Crippen LogP) is 2.31. The van der Waals surface area contributed by atoms with Crippen molar-refractivity contribution < 1.29 is 0 Å². The van der Waals surface area contributed by atoms with Gasteiger partial charge in [0.05, 0.1) is 5.69 Å². The summed E-state index contributed by atoms with van der Waals surface area (Å²) in [6.45, 7) is 1.94. The number of anilines is 1. The number of nitrogens with zero attached hydrogens (tertiary/aromatic N) is 2. The second-order valence-corrected chi connectivity index (χ2v) is 3.69. The van der Waals surface area contributed by atoms with Crippen molar-refractivity contribution in [3.8, 4) is 0 Å². The SMILES string of the molecule is Cc1ccc(NC2CC=CCC2)nn1. The van der Waals surface area contributed by atoms with Crippen LogP contribution in [-0.4, -0.2) is 16.2 Å². The summed E-state index contributed by atoms with van der Waals surface area (Å²) in [6.07, 6.45) is 7.90. The molecule has 1 atom stereocenters. The Balaban J connectivity index is 1.96. The van der Waals surface area contributed by atoms with Gasteiger partial charge in [-0.25, -0.2) is 0 Å². The first-order chi connectivity index (χ1) is 6.84. The van der Waals surface area contributed by atoms with E-state index >= 15 is 0 Å². The normalized spacial score (nSPS) is 20.8. The van der Waals surface area contributed by atoms with Gasteiger partial charge < -0.3 is 5.32 Å². The fraction of sp³-hybridized carbons (Fsp3) is 0.455. The Labute approximate surface area is 84.2 Å². The zero-order chi connectivity index (χ0) is 9.80. The van der Waals surface area contributed by atoms with Crippen LogP contribution in [-0.2, 0) is 0 Å². The molecule has 3 heteroatoms. The van der Waals surface area contributed by atoms with Crippen LogP contribution in [0.25, 0.3) is 0 Å². The van der Waals surface area contributed by atoms with Gasteiger partial charge in [0.25, 0.3) is 0 Å².